The van der Waals surface area contributed by atoms with Crippen LogP contribution in [0.15, 0.2) is 82.2 Å². The first-order valence-corrected chi connectivity index (χ1v) is 12.6. The number of sulfonamides is 1. The summed E-state index contributed by atoms with van der Waals surface area (Å²) in [4.78, 5) is 14.1. The zero-order chi connectivity index (χ0) is 21.6. The molecule has 1 aromatic heterocycles. The lowest BCUT2D eigenvalue weighted by molar-refractivity contribution is -0.116. The predicted octanol–water partition coefficient (Wildman–Crippen LogP) is 5.77. The molecule has 158 valence electrons. The molecule has 0 spiro atoms. The largest absolute Gasteiger partial charge is 0.357 e. The molecule has 1 aliphatic heterocycles. The molecule has 5 rings (SSSR count). The summed E-state index contributed by atoms with van der Waals surface area (Å²) in [5.41, 5.74) is 2.51. The molecule has 1 unspecified atom stereocenters. The van der Waals surface area contributed by atoms with E-state index in [-0.39, 0.29) is 10.7 Å². The van der Waals surface area contributed by atoms with Gasteiger partial charge in [-0.3, -0.25) is 9.10 Å². The second kappa shape index (κ2) is 7.82. The molecule has 0 amide bonds. The van der Waals surface area contributed by atoms with Crippen molar-refractivity contribution in [3.63, 3.8) is 0 Å². The molecule has 2 aliphatic rings. The lowest BCUT2D eigenvalue weighted by atomic mass is 9.89. The number of Topliss-reactive ketones (excluding diaryl/α,β-unsaturated/α-hetero) is 1. The van der Waals surface area contributed by atoms with Crippen LogP contribution in [0.2, 0.25) is 5.02 Å². The molecule has 0 saturated heterocycles. The Balaban J connectivity index is 1.82. The Morgan fingerprint density at radius 3 is 2.52 bits per heavy atom. The molecule has 1 aliphatic carbocycles. The van der Waals surface area contributed by atoms with E-state index in [9.17, 15) is 13.2 Å². The monoisotopic (exact) mass is 470 g/mol. The summed E-state index contributed by atoms with van der Waals surface area (Å²) in [6.45, 7) is 0. The number of anilines is 2. The molecule has 31 heavy (non-hydrogen) atoms. The predicted molar refractivity (Wildman–Crippen MR) is 124 cm³/mol. The molecular formula is C23H19ClN2O3S2. The Morgan fingerprint density at radius 2 is 1.77 bits per heavy atom. The van der Waals surface area contributed by atoms with Crippen molar-refractivity contribution in [1.29, 1.82) is 0 Å². The number of hydrogen-bond donors (Lipinski definition) is 1. The zero-order valence-electron chi connectivity index (χ0n) is 16.4. The number of benzene rings is 2. The second-order valence-corrected chi connectivity index (χ2v) is 10.7. The molecule has 2 heterocycles. The fraction of sp³-hybridized carbons (Fsp3) is 0.174. The van der Waals surface area contributed by atoms with Crippen molar-refractivity contribution in [2.45, 2.75) is 30.2 Å². The van der Waals surface area contributed by atoms with E-state index in [1.807, 2.05) is 35.7 Å². The van der Waals surface area contributed by atoms with E-state index in [1.165, 1.54) is 27.8 Å². The van der Waals surface area contributed by atoms with Gasteiger partial charge in [0.15, 0.2) is 5.78 Å². The minimum atomic E-state index is -4.01. The van der Waals surface area contributed by atoms with Crippen LogP contribution in [-0.4, -0.2) is 14.2 Å². The van der Waals surface area contributed by atoms with Crippen molar-refractivity contribution >= 4 is 50.1 Å². The molecule has 0 bridgehead atoms. The fourth-order valence-corrected chi connectivity index (χ4v) is 6.83. The average Bonchev–Trinajstić information content (AvgIpc) is 3.23. The van der Waals surface area contributed by atoms with E-state index >= 15 is 0 Å². The number of rotatable bonds is 3. The van der Waals surface area contributed by atoms with Crippen molar-refractivity contribution in [3.8, 4) is 0 Å². The van der Waals surface area contributed by atoms with E-state index in [4.69, 9.17) is 11.6 Å². The number of nitrogens with zero attached hydrogens (tertiary/aromatic N) is 1. The van der Waals surface area contributed by atoms with Gasteiger partial charge in [0.1, 0.15) is 6.04 Å². The van der Waals surface area contributed by atoms with E-state index in [2.05, 4.69) is 5.32 Å². The summed E-state index contributed by atoms with van der Waals surface area (Å²) in [5.74, 6) is -0.0173. The van der Waals surface area contributed by atoms with E-state index < -0.39 is 16.1 Å². The van der Waals surface area contributed by atoms with Crippen LogP contribution in [0.1, 0.15) is 30.2 Å². The number of nitrogens with one attached hydrogen (secondary N) is 1. The average molecular weight is 471 g/mol. The highest BCUT2D eigenvalue weighted by Crippen LogP contribution is 2.48. The molecule has 0 fully saturated rings. The van der Waals surface area contributed by atoms with Crippen LogP contribution >= 0.6 is 22.9 Å². The summed E-state index contributed by atoms with van der Waals surface area (Å²) in [6.07, 6.45) is 1.85. The lowest BCUT2D eigenvalue weighted by Gasteiger charge is -2.33. The van der Waals surface area contributed by atoms with Crippen LogP contribution in [-0.2, 0) is 14.8 Å². The van der Waals surface area contributed by atoms with Crippen molar-refractivity contribution < 1.29 is 13.2 Å². The third-order valence-electron chi connectivity index (χ3n) is 5.57. The van der Waals surface area contributed by atoms with E-state index in [0.717, 1.165) is 17.0 Å². The molecule has 1 atom stereocenters. The van der Waals surface area contributed by atoms with Crippen molar-refractivity contribution in [1.82, 2.24) is 0 Å². The summed E-state index contributed by atoms with van der Waals surface area (Å²) >= 11 is 7.45. The highest BCUT2D eigenvalue weighted by Gasteiger charge is 2.42. The summed E-state index contributed by atoms with van der Waals surface area (Å²) in [6, 6.07) is 16.5. The Labute approximate surface area is 190 Å². The van der Waals surface area contributed by atoms with Crippen molar-refractivity contribution in [2.24, 2.45) is 0 Å². The number of carbonyl (C=O) groups excluding carboxylic acids is 1. The minimum absolute atomic E-state index is 0.0173. The number of hydrogen-bond acceptors (Lipinski definition) is 5. The van der Waals surface area contributed by atoms with Gasteiger partial charge in [0.05, 0.1) is 16.3 Å². The van der Waals surface area contributed by atoms with Crippen LogP contribution in [0.5, 0.6) is 0 Å². The van der Waals surface area contributed by atoms with Gasteiger partial charge in [0.2, 0.25) is 0 Å². The fourth-order valence-electron chi connectivity index (χ4n) is 4.19. The maximum absolute atomic E-state index is 14.0. The Bertz CT molecular complexity index is 1280. The maximum atomic E-state index is 14.0. The first-order valence-electron chi connectivity index (χ1n) is 9.92. The standard InChI is InChI=1S/C23H19ClN2O3S2/c24-15-10-12-16(13-11-15)31(28,29)26-19-7-2-1-5-17(19)25-18-6-3-8-20(27)22(18)23(26)21-9-4-14-30-21/h1-2,4-5,7,9-14,23,25H,3,6,8H2. The summed E-state index contributed by atoms with van der Waals surface area (Å²) in [5, 5.41) is 5.74. The summed E-state index contributed by atoms with van der Waals surface area (Å²) < 4.78 is 29.5. The molecular weight excluding hydrogens is 452 g/mol. The van der Waals surface area contributed by atoms with E-state index in [0.29, 0.717) is 34.8 Å². The third-order valence-corrected chi connectivity index (χ3v) is 8.54. The Kier molecular flexibility index (Phi) is 5.12. The number of carbonyl (C=O) groups is 1. The van der Waals surface area contributed by atoms with Crippen molar-refractivity contribution in [3.05, 3.63) is 87.2 Å². The van der Waals surface area contributed by atoms with Gasteiger partial charge in [-0.15, -0.1) is 11.3 Å². The van der Waals surface area contributed by atoms with Crippen LogP contribution in [0.4, 0.5) is 11.4 Å². The second-order valence-electron chi connectivity index (χ2n) is 7.48. The minimum Gasteiger partial charge on any atom is -0.357 e. The number of fused-ring (bicyclic) bond motifs is 1. The highest BCUT2D eigenvalue weighted by molar-refractivity contribution is 7.92. The molecule has 0 saturated carbocycles. The molecule has 8 heteroatoms. The van der Waals surface area contributed by atoms with Gasteiger partial charge in [-0.2, -0.15) is 0 Å². The van der Waals surface area contributed by atoms with Gasteiger partial charge in [-0.05, 0) is 60.7 Å². The number of para-hydroxylation sites is 2. The van der Waals surface area contributed by atoms with Gasteiger partial charge in [0.25, 0.3) is 10.0 Å². The van der Waals surface area contributed by atoms with E-state index in [1.54, 1.807) is 18.2 Å². The smallest absolute Gasteiger partial charge is 0.265 e. The number of allylic oxidation sites excluding steroid dienone is 1. The van der Waals surface area contributed by atoms with Gasteiger partial charge in [-0.1, -0.05) is 29.8 Å². The van der Waals surface area contributed by atoms with Crippen molar-refractivity contribution in [2.75, 3.05) is 9.62 Å². The topological polar surface area (TPSA) is 66.5 Å². The van der Waals surface area contributed by atoms with Gasteiger partial charge in [-0.25, -0.2) is 8.42 Å². The first-order chi connectivity index (χ1) is 15.0. The van der Waals surface area contributed by atoms with Crippen LogP contribution in [0, 0.1) is 0 Å². The highest BCUT2D eigenvalue weighted by atomic mass is 35.5. The Hall–Kier alpha value is -2.61. The molecule has 2 aromatic carbocycles. The molecule has 5 nitrogen and oxygen atoms in total. The molecule has 1 N–H and O–H groups in total. The quantitative estimate of drug-likeness (QED) is 0.527. The van der Waals surface area contributed by atoms with Crippen LogP contribution < -0.4 is 9.62 Å². The van der Waals surface area contributed by atoms with Gasteiger partial charge < -0.3 is 5.32 Å². The number of ketones is 1. The Morgan fingerprint density at radius 1 is 1.00 bits per heavy atom. The zero-order valence-corrected chi connectivity index (χ0v) is 18.8. The molecule has 0 radical (unpaired) electrons. The number of thiophene rings is 1. The third kappa shape index (κ3) is 3.46. The van der Waals surface area contributed by atoms with Gasteiger partial charge >= 0.3 is 0 Å². The van der Waals surface area contributed by atoms with Gasteiger partial charge in [0, 0.05) is 27.6 Å². The summed E-state index contributed by atoms with van der Waals surface area (Å²) in [7, 11) is -4.01. The molecule has 3 aromatic rings. The maximum Gasteiger partial charge on any atom is 0.265 e. The normalized spacial score (nSPS) is 18.8. The lowest BCUT2D eigenvalue weighted by Crippen LogP contribution is -2.37. The van der Waals surface area contributed by atoms with Crippen LogP contribution in [0.3, 0.4) is 0 Å². The number of halogens is 1. The first kappa shape index (κ1) is 20.3. The van der Waals surface area contributed by atoms with Crippen LogP contribution in [0.25, 0.3) is 0 Å². The SMILES string of the molecule is O=C1CCCC2=C1C(c1cccs1)N(S(=O)(=O)c1ccc(Cl)cc1)c1ccccc1N2.